The van der Waals surface area contributed by atoms with Gasteiger partial charge in [0.25, 0.3) is 0 Å². The smallest absolute Gasteiger partial charge is 0.313 e. The highest BCUT2D eigenvalue weighted by atomic mass is 32.2. The fourth-order valence-corrected chi connectivity index (χ4v) is 2.72. The van der Waals surface area contributed by atoms with E-state index in [9.17, 15) is 14.4 Å². The van der Waals surface area contributed by atoms with Crippen LogP contribution >= 0.6 is 11.8 Å². The number of hydrogen-bond acceptors (Lipinski definition) is 4. The van der Waals surface area contributed by atoms with Crippen LogP contribution in [0.25, 0.3) is 0 Å². The second kappa shape index (κ2) is 5.44. The maximum Gasteiger partial charge on any atom is 0.313 e. The van der Waals surface area contributed by atoms with Gasteiger partial charge in [-0.2, -0.15) is 0 Å². The first-order chi connectivity index (χ1) is 8.99. The van der Waals surface area contributed by atoms with Crippen LogP contribution in [0.5, 0.6) is 0 Å². The van der Waals surface area contributed by atoms with Crippen molar-refractivity contribution in [2.24, 2.45) is 0 Å². The molecule has 6 heteroatoms. The monoisotopic (exact) mass is 279 g/mol. The van der Waals surface area contributed by atoms with Crippen molar-refractivity contribution in [3.63, 3.8) is 0 Å². The molecule has 19 heavy (non-hydrogen) atoms. The van der Waals surface area contributed by atoms with Gasteiger partial charge in [-0.15, -0.1) is 11.8 Å². The Kier molecular flexibility index (Phi) is 3.90. The normalized spacial score (nSPS) is 19.0. The van der Waals surface area contributed by atoms with Crippen LogP contribution in [0, 0.1) is 6.92 Å². The molecular weight excluding hydrogens is 266 g/mol. The van der Waals surface area contributed by atoms with Crippen molar-refractivity contribution < 1.29 is 19.5 Å². The van der Waals surface area contributed by atoms with E-state index < -0.39 is 11.2 Å². The van der Waals surface area contributed by atoms with Gasteiger partial charge < -0.3 is 5.11 Å². The number of amides is 2. The number of aliphatic carboxylic acids is 1. The summed E-state index contributed by atoms with van der Waals surface area (Å²) in [5, 5.41) is 8.02. The van der Waals surface area contributed by atoms with Crippen LogP contribution in [-0.4, -0.2) is 33.9 Å². The molecule has 5 nitrogen and oxygen atoms in total. The Morgan fingerprint density at radius 2 is 2.00 bits per heavy atom. The topological polar surface area (TPSA) is 74.7 Å². The summed E-state index contributed by atoms with van der Waals surface area (Å²) in [4.78, 5) is 35.6. The second-order valence-corrected chi connectivity index (χ2v) is 5.49. The molecule has 0 unspecified atom stereocenters. The third-order valence-corrected chi connectivity index (χ3v) is 3.99. The molecule has 0 aliphatic carbocycles. The summed E-state index contributed by atoms with van der Waals surface area (Å²) in [5.74, 6) is -1.78. The average molecular weight is 279 g/mol. The maximum absolute atomic E-state index is 12.1. The largest absolute Gasteiger partial charge is 0.481 e. The van der Waals surface area contributed by atoms with Crippen LogP contribution in [0.3, 0.4) is 0 Å². The summed E-state index contributed by atoms with van der Waals surface area (Å²) in [6, 6.07) is 7.09. The van der Waals surface area contributed by atoms with Gasteiger partial charge in [0.1, 0.15) is 0 Å². The van der Waals surface area contributed by atoms with E-state index in [1.54, 1.807) is 12.1 Å². The third-order valence-electron chi connectivity index (χ3n) is 2.81. The lowest BCUT2D eigenvalue weighted by Gasteiger charge is -2.14. The van der Waals surface area contributed by atoms with Crippen LogP contribution in [0.15, 0.2) is 24.3 Å². The van der Waals surface area contributed by atoms with E-state index in [2.05, 4.69) is 0 Å². The Balaban J connectivity index is 2.14. The summed E-state index contributed by atoms with van der Waals surface area (Å²) in [6.07, 6.45) is 0.0602. The van der Waals surface area contributed by atoms with Gasteiger partial charge in [-0.1, -0.05) is 17.7 Å². The van der Waals surface area contributed by atoms with Crippen molar-refractivity contribution in [2.45, 2.75) is 18.6 Å². The molecule has 1 atom stereocenters. The van der Waals surface area contributed by atoms with E-state index >= 15 is 0 Å². The number of hydrogen-bond donors (Lipinski definition) is 1. The highest BCUT2D eigenvalue weighted by Crippen LogP contribution is 2.29. The Labute approximate surface area is 114 Å². The number of nitrogens with zero attached hydrogens (tertiary/aromatic N) is 1. The maximum atomic E-state index is 12.1. The van der Waals surface area contributed by atoms with E-state index in [4.69, 9.17) is 5.11 Å². The van der Waals surface area contributed by atoms with E-state index in [0.29, 0.717) is 5.69 Å². The van der Waals surface area contributed by atoms with Crippen molar-refractivity contribution in [3.05, 3.63) is 29.8 Å². The fraction of sp³-hybridized carbons (Fsp3) is 0.308. The highest BCUT2D eigenvalue weighted by Gasteiger charge is 2.39. The van der Waals surface area contributed by atoms with Crippen LogP contribution in [0.2, 0.25) is 0 Å². The molecule has 1 aromatic carbocycles. The zero-order valence-electron chi connectivity index (χ0n) is 10.3. The number of imide groups is 1. The van der Waals surface area contributed by atoms with Crippen molar-refractivity contribution in [3.8, 4) is 0 Å². The molecule has 0 saturated carbocycles. The number of carbonyl (C=O) groups is 3. The number of thioether (sulfide) groups is 1. The Morgan fingerprint density at radius 3 is 2.58 bits per heavy atom. The second-order valence-electron chi connectivity index (χ2n) is 4.30. The first kappa shape index (κ1) is 13.6. The van der Waals surface area contributed by atoms with Gasteiger partial charge >= 0.3 is 5.97 Å². The Bertz CT molecular complexity index is 526. The van der Waals surface area contributed by atoms with Crippen LogP contribution in [0.4, 0.5) is 5.69 Å². The van der Waals surface area contributed by atoms with Crippen LogP contribution in [0.1, 0.15) is 12.0 Å². The van der Waals surface area contributed by atoms with E-state index in [0.717, 1.165) is 22.2 Å². The molecule has 2 rings (SSSR count). The number of carbonyl (C=O) groups excluding carboxylic acids is 2. The van der Waals surface area contributed by atoms with E-state index in [1.807, 2.05) is 19.1 Å². The van der Waals surface area contributed by atoms with Crippen molar-refractivity contribution in [1.29, 1.82) is 0 Å². The van der Waals surface area contributed by atoms with Gasteiger partial charge in [-0.3, -0.25) is 14.4 Å². The molecule has 100 valence electrons. The zero-order valence-corrected chi connectivity index (χ0v) is 11.1. The molecule has 1 aliphatic heterocycles. The number of carboxylic acids is 1. The van der Waals surface area contributed by atoms with Gasteiger partial charge in [-0.05, 0) is 19.1 Å². The molecule has 1 heterocycles. The van der Waals surface area contributed by atoms with Crippen molar-refractivity contribution >= 4 is 35.2 Å². The Hall–Kier alpha value is -1.82. The van der Waals surface area contributed by atoms with Crippen LogP contribution in [-0.2, 0) is 14.4 Å². The van der Waals surface area contributed by atoms with Gasteiger partial charge in [0, 0.05) is 6.42 Å². The summed E-state index contributed by atoms with van der Waals surface area (Å²) >= 11 is 0.994. The van der Waals surface area contributed by atoms with Gasteiger partial charge in [0.15, 0.2) is 0 Å². The van der Waals surface area contributed by atoms with Crippen molar-refractivity contribution in [2.75, 3.05) is 10.7 Å². The Morgan fingerprint density at radius 1 is 1.37 bits per heavy atom. The first-order valence-corrected chi connectivity index (χ1v) is 6.81. The molecule has 0 spiro atoms. The number of anilines is 1. The summed E-state index contributed by atoms with van der Waals surface area (Å²) in [7, 11) is 0. The number of benzene rings is 1. The molecule has 0 aromatic heterocycles. The lowest BCUT2D eigenvalue weighted by molar-refractivity contribution is -0.134. The quantitative estimate of drug-likeness (QED) is 0.844. The van der Waals surface area contributed by atoms with Crippen molar-refractivity contribution in [1.82, 2.24) is 0 Å². The molecule has 0 radical (unpaired) electrons. The average Bonchev–Trinajstić information content (AvgIpc) is 2.63. The van der Waals surface area contributed by atoms with Gasteiger partial charge in [0.2, 0.25) is 11.8 Å². The fourth-order valence-electron chi connectivity index (χ4n) is 1.87. The molecule has 1 saturated heterocycles. The van der Waals surface area contributed by atoms with Gasteiger partial charge in [0.05, 0.1) is 16.7 Å². The molecule has 1 fully saturated rings. The predicted molar refractivity (Wildman–Crippen MR) is 72.2 cm³/mol. The lowest BCUT2D eigenvalue weighted by Crippen LogP contribution is -2.31. The number of rotatable bonds is 4. The molecule has 1 aromatic rings. The summed E-state index contributed by atoms with van der Waals surface area (Å²) < 4.78 is 0. The third kappa shape index (κ3) is 2.96. The standard InChI is InChI=1S/C13H13NO4S/c1-8-2-4-9(5-3-8)14-11(15)6-10(13(14)18)19-7-12(16)17/h2-5,10H,6-7H2,1H3,(H,16,17)/t10-/m1/s1. The molecular formula is C13H13NO4S. The summed E-state index contributed by atoms with van der Waals surface area (Å²) in [6.45, 7) is 1.92. The molecule has 1 N–H and O–H groups in total. The highest BCUT2D eigenvalue weighted by molar-refractivity contribution is 8.01. The van der Waals surface area contributed by atoms with E-state index in [-0.39, 0.29) is 24.0 Å². The number of carboxylic acid groups (broad SMARTS) is 1. The van der Waals surface area contributed by atoms with E-state index in [1.165, 1.54) is 0 Å². The lowest BCUT2D eigenvalue weighted by atomic mass is 10.2. The SMILES string of the molecule is Cc1ccc(N2C(=O)C[C@@H](SCC(=O)O)C2=O)cc1. The zero-order chi connectivity index (χ0) is 14.0. The van der Waals surface area contributed by atoms with Crippen LogP contribution < -0.4 is 4.90 Å². The minimum Gasteiger partial charge on any atom is -0.481 e. The minimum absolute atomic E-state index is 0.0602. The van der Waals surface area contributed by atoms with Gasteiger partial charge in [-0.25, -0.2) is 4.90 Å². The summed E-state index contributed by atoms with van der Waals surface area (Å²) in [5.41, 5.74) is 1.58. The first-order valence-electron chi connectivity index (χ1n) is 5.76. The predicted octanol–water partition coefficient (Wildman–Crippen LogP) is 1.44. The molecule has 1 aliphatic rings. The minimum atomic E-state index is -0.987. The molecule has 0 bridgehead atoms. The molecule has 2 amide bonds. The number of aryl methyl sites for hydroxylation is 1.